The zero-order chi connectivity index (χ0) is 13.7. The highest BCUT2D eigenvalue weighted by atomic mass is 79.9. The van der Waals surface area contributed by atoms with Crippen molar-refractivity contribution < 1.29 is 9.53 Å². The van der Waals surface area contributed by atoms with Crippen molar-refractivity contribution in [3.05, 3.63) is 34.3 Å². The minimum absolute atomic E-state index is 0.148. The van der Waals surface area contributed by atoms with E-state index in [1.165, 1.54) is 7.11 Å². The highest BCUT2D eigenvalue weighted by Crippen LogP contribution is 2.31. The Morgan fingerprint density at radius 3 is 2.22 bits per heavy atom. The fourth-order valence-corrected chi connectivity index (χ4v) is 2.64. The predicted molar refractivity (Wildman–Crippen MR) is 77.5 cm³/mol. The Labute approximate surface area is 118 Å². The summed E-state index contributed by atoms with van der Waals surface area (Å²) in [7, 11) is 1.45. The number of carbonyl (C=O) groups excluding carboxylic acids is 1. The summed E-state index contributed by atoms with van der Waals surface area (Å²) in [6.45, 7) is 6.46. The van der Waals surface area contributed by atoms with Crippen LogP contribution in [-0.2, 0) is 9.53 Å². The molecule has 0 aliphatic heterocycles. The van der Waals surface area contributed by atoms with Crippen molar-refractivity contribution in [1.82, 2.24) is 0 Å². The van der Waals surface area contributed by atoms with Gasteiger partial charge in [-0.05, 0) is 36.0 Å². The van der Waals surface area contributed by atoms with Crippen LogP contribution in [0.1, 0.15) is 38.7 Å². The molecule has 0 spiro atoms. The summed E-state index contributed by atoms with van der Waals surface area (Å²) in [5.41, 5.74) is 1.03. The van der Waals surface area contributed by atoms with Gasteiger partial charge >= 0.3 is 5.97 Å². The molecule has 1 aromatic rings. The maximum Gasteiger partial charge on any atom is 0.313 e. The van der Waals surface area contributed by atoms with Crippen LogP contribution in [0.4, 0.5) is 0 Å². The molecule has 2 atom stereocenters. The van der Waals surface area contributed by atoms with Gasteiger partial charge in [-0.3, -0.25) is 4.79 Å². The van der Waals surface area contributed by atoms with Gasteiger partial charge in [-0.25, -0.2) is 0 Å². The minimum Gasteiger partial charge on any atom is -0.469 e. The van der Waals surface area contributed by atoms with E-state index in [0.717, 1.165) is 16.5 Å². The molecule has 0 saturated heterocycles. The van der Waals surface area contributed by atoms with Gasteiger partial charge in [0.05, 0.1) is 13.0 Å². The van der Waals surface area contributed by atoms with Crippen molar-refractivity contribution >= 4 is 21.9 Å². The maximum absolute atomic E-state index is 12.0. The standard InChI is InChI=1S/C15H21BrO2/c1-10(2)9-11(3)14(15(17)18-4)12-5-7-13(16)8-6-12/h5-8,10-11,14H,9H2,1-4H3/t11-,14-/m1/s1. The van der Waals surface area contributed by atoms with Crippen LogP contribution in [0.2, 0.25) is 0 Å². The van der Waals surface area contributed by atoms with Crippen molar-refractivity contribution in [3.8, 4) is 0 Å². The smallest absolute Gasteiger partial charge is 0.313 e. The van der Waals surface area contributed by atoms with Crippen molar-refractivity contribution in [2.75, 3.05) is 7.11 Å². The number of methoxy groups -OCH3 is 1. The quantitative estimate of drug-likeness (QED) is 0.754. The molecule has 100 valence electrons. The van der Waals surface area contributed by atoms with E-state index >= 15 is 0 Å². The van der Waals surface area contributed by atoms with Gasteiger partial charge < -0.3 is 4.74 Å². The first kappa shape index (κ1) is 15.2. The van der Waals surface area contributed by atoms with Crippen molar-refractivity contribution in [3.63, 3.8) is 0 Å². The van der Waals surface area contributed by atoms with Gasteiger partial charge in [0.2, 0.25) is 0 Å². The average Bonchev–Trinajstić information content (AvgIpc) is 2.30. The Hall–Kier alpha value is -0.830. The lowest BCUT2D eigenvalue weighted by Gasteiger charge is -2.23. The summed E-state index contributed by atoms with van der Waals surface area (Å²) >= 11 is 3.41. The van der Waals surface area contributed by atoms with E-state index in [1.54, 1.807) is 0 Å². The molecule has 0 N–H and O–H groups in total. The summed E-state index contributed by atoms with van der Waals surface area (Å²) in [6.07, 6.45) is 1.01. The first-order chi connectivity index (χ1) is 8.45. The summed E-state index contributed by atoms with van der Waals surface area (Å²) in [4.78, 5) is 12.0. The number of benzene rings is 1. The van der Waals surface area contributed by atoms with Gasteiger partial charge in [0.25, 0.3) is 0 Å². The molecule has 0 aliphatic rings. The lowest BCUT2D eigenvalue weighted by atomic mass is 9.82. The van der Waals surface area contributed by atoms with Gasteiger partial charge in [0.15, 0.2) is 0 Å². The molecule has 0 fully saturated rings. The van der Waals surface area contributed by atoms with Gasteiger partial charge in [0.1, 0.15) is 0 Å². The van der Waals surface area contributed by atoms with Gasteiger partial charge in [-0.15, -0.1) is 0 Å². The van der Waals surface area contributed by atoms with Crippen LogP contribution in [0.3, 0.4) is 0 Å². The third-order valence-corrected chi connectivity index (χ3v) is 3.63. The van der Waals surface area contributed by atoms with Crippen LogP contribution < -0.4 is 0 Å². The Kier molecular flexibility index (Phi) is 5.86. The molecule has 0 unspecified atom stereocenters. The number of ether oxygens (including phenoxy) is 1. The van der Waals surface area contributed by atoms with Crippen LogP contribution in [0.25, 0.3) is 0 Å². The Bertz CT molecular complexity index is 384. The van der Waals surface area contributed by atoms with E-state index in [4.69, 9.17) is 4.74 Å². The van der Waals surface area contributed by atoms with Gasteiger partial charge in [-0.2, -0.15) is 0 Å². The highest BCUT2D eigenvalue weighted by Gasteiger charge is 2.28. The van der Waals surface area contributed by atoms with Crippen molar-refractivity contribution in [2.24, 2.45) is 11.8 Å². The summed E-state index contributed by atoms with van der Waals surface area (Å²) < 4.78 is 5.97. The van der Waals surface area contributed by atoms with Crippen LogP contribution >= 0.6 is 15.9 Å². The van der Waals surface area contributed by atoms with Crippen molar-refractivity contribution in [2.45, 2.75) is 33.1 Å². The lowest BCUT2D eigenvalue weighted by molar-refractivity contribution is -0.143. The second kappa shape index (κ2) is 6.93. The predicted octanol–water partition coefficient (Wildman–Crippen LogP) is 4.39. The number of hydrogen-bond donors (Lipinski definition) is 0. The van der Waals surface area contributed by atoms with Gasteiger partial charge in [-0.1, -0.05) is 48.8 Å². The van der Waals surface area contributed by atoms with E-state index in [2.05, 4.69) is 36.7 Å². The fourth-order valence-electron chi connectivity index (χ4n) is 2.37. The molecule has 0 heterocycles. The molecule has 2 nitrogen and oxygen atoms in total. The molecule has 1 aromatic carbocycles. The molecule has 18 heavy (non-hydrogen) atoms. The van der Waals surface area contributed by atoms with E-state index in [-0.39, 0.29) is 17.8 Å². The number of rotatable bonds is 5. The monoisotopic (exact) mass is 312 g/mol. The van der Waals surface area contributed by atoms with Crippen molar-refractivity contribution in [1.29, 1.82) is 0 Å². The number of hydrogen-bond acceptors (Lipinski definition) is 2. The molecule has 0 radical (unpaired) electrons. The normalized spacial score (nSPS) is 14.3. The first-order valence-electron chi connectivity index (χ1n) is 6.29. The van der Waals surface area contributed by atoms with E-state index in [9.17, 15) is 4.79 Å². The SMILES string of the molecule is COC(=O)[C@@H](c1ccc(Br)cc1)[C@H](C)CC(C)C. The van der Waals surface area contributed by atoms with Crippen LogP contribution in [0.5, 0.6) is 0 Å². The molecule has 1 rings (SSSR count). The summed E-state index contributed by atoms with van der Waals surface area (Å²) in [5, 5.41) is 0. The van der Waals surface area contributed by atoms with Crippen LogP contribution in [0.15, 0.2) is 28.7 Å². The summed E-state index contributed by atoms with van der Waals surface area (Å²) in [6, 6.07) is 7.91. The molecule has 0 amide bonds. The molecule has 0 saturated carbocycles. The second-order valence-electron chi connectivity index (χ2n) is 5.16. The highest BCUT2D eigenvalue weighted by molar-refractivity contribution is 9.10. The first-order valence-corrected chi connectivity index (χ1v) is 7.08. The second-order valence-corrected chi connectivity index (χ2v) is 6.07. The number of halogens is 1. The van der Waals surface area contributed by atoms with E-state index < -0.39 is 0 Å². The van der Waals surface area contributed by atoms with E-state index in [0.29, 0.717) is 5.92 Å². The Morgan fingerprint density at radius 2 is 1.78 bits per heavy atom. The largest absolute Gasteiger partial charge is 0.469 e. The Morgan fingerprint density at radius 1 is 1.22 bits per heavy atom. The van der Waals surface area contributed by atoms with Gasteiger partial charge in [0, 0.05) is 4.47 Å². The fraction of sp³-hybridized carbons (Fsp3) is 0.533. The topological polar surface area (TPSA) is 26.3 Å². The molecular formula is C15H21BrO2. The number of esters is 1. The molecule has 0 bridgehead atoms. The minimum atomic E-state index is -0.175. The summed E-state index contributed by atoms with van der Waals surface area (Å²) in [5.74, 6) is 0.525. The van der Waals surface area contributed by atoms with Crippen LogP contribution in [0, 0.1) is 11.8 Å². The average molecular weight is 313 g/mol. The molecule has 3 heteroatoms. The lowest BCUT2D eigenvalue weighted by Crippen LogP contribution is -2.22. The maximum atomic E-state index is 12.0. The third-order valence-electron chi connectivity index (χ3n) is 3.10. The van der Waals surface area contributed by atoms with Crippen LogP contribution in [-0.4, -0.2) is 13.1 Å². The van der Waals surface area contributed by atoms with E-state index in [1.807, 2.05) is 24.3 Å². The molecule has 0 aliphatic carbocycles. The third kappa shape index (κ3) is 4.13. The zero-order valence-corrected chi connectivity index (χ0v) is 13.0. The number of carbonyl (C=O) groups is 1. The molecule has 0 aromatic heterocycles. The molecular weight excluding hydrogens is 292 g/mol. The zero-order valence-electron chi connectivity index (χ0n) is 11.4. The Balaban J connectivity index is 2.97.